The Kier molecular flexibility index (Phi) is 6.96. The second kappa shape index (κ2) is 10.3. The molecule has 4 aliphatic heterocycles. The maximum Gasteiger partial charge on any atom is 0.338 e. The highest BCUT2D eigenvalue weighted by Gasteiger charge is 2.73. The Hall–Kier alpha value is -3.65. The molecule has 13 heteroatoms. The van der Waals surface area contributed by atoms with Crippen molar-refractivity contribution < 1.29 is 43.5 Å². The summed E-state index contributed by atoms with van der Waals surface area (Å²) in [4.78, 5) is 41.6. The van der Waals surface area contributed by atoms with Crippen LogP contribution in [0.25, 0.3) is 0 Å². The number of likely N-dealkylation sites (N-methyl/N-ethyl adjacent to an activating group) is 1. The van der Waals surface area contributed by atoms with Crippen molar-refractivity contribution in [3.05, 3.63) is 77.8 Å². The maximum atomic E-state index is 14.9. The first kappa shape index (κ1) is 28.5. The number of fused-ring (bicyclic) bond motifs is 5. The summed E-state index contributed by atoms with van der Waals surface area (Å²) >= 11 is 1.98. The van der Waals surface area contributed by atoms with Crippen LogP contribution in [-0.4, -0.2) is 92.5 Å². The lowest BCUT2D eigenvalue weighted by Gasteiger charge is -2.55. The van der Waals surface area contributed by atoms with Crippen LogP contribution >= 0.6 is 23.5 Å². The Bertz CT molecular complexity index is 1550. The standard InChI is InChI=1S/C29H28N2O9S2/c1-30-26(35)29(42-4)24(33)18-14-38-11-10-20-22(18)31(29)27(36)28(30,41-3)23(32)15-6-5-7-17(12-15)39-21-13-16(25(34)40-20)8-9-19(21)37-2/h5-14,20,22-24,32-33H,1-4H3. The summed E-state index contributed by atoms with van der Waals surface area (Å²) in [5.74, 6) is -1.14. The van der Waals surface area contributed by atoms with Crippen LogP contribution in [-0.2, 0) is 19.1 Å². The van der Waals surface area contributed by atoms with Crippen molar-refractivity contribution in [2.24, 2.45) is 0 Å². The van der Waals surface area contributed by atoms with E-state index in [-0.39, 0.29) is 16.9 Å². The molecule has 220 valence electrons. The fraction of sp³-hybridized carbons (Fsp3) is 0.345. The molecule has 6 rings (SSSR count). The zero-order valence-electron chi connectivity index (χ0n) is 23.0. The van der Waals surface area contributed by atoms with Gasteiger partial charge in [-0.15, -0.1) is 23.5 Å². The number of aliphatic hydroxyl groups excluding tert-OH is 2. The van der Waals surface area contributed by atoms with E-state index in [0.717, 1.165) is 23.5 Å². The van der Waals surface area contributed by atoms with Crippen molar-refractivity contribution >= 4 is 41.3 Å². The predicted octanol–water partition coefficient (Wildman–Crippen LogP) is 2.65. The van der Waals surface area contributed by atoms with E-state index in [0.29, 0.717) is 17.1 Å². The van der Waals surface area contributed by atoms with Gasteiger partial charge in [0.2, 0.25) is 0 Å². The molecule has 6 atom stereocenters. The number of ether oxygens (including phenoxy) is 4. The van der Waals surface area contributed by atoms with E-state index >= 15 is 0 Å². The molecular formula is C29H28N2O9S2. The molecule has 4 aliphatic rings. The molecule has 2 saturated heterocycles. The monoisotopic (exact) mass is 612 g/mol. The Morgan fingerprint density at radius 1 is 0.976 bits per heavy atom. The van der Waals surface area contributed by atoms with Crippen LogP contribution in [0, 0.1) is 0 Å². The summed E-state index contributed by atoms with van der Waals surface area (Å²) in [5.41, 5.74) is 0.619. The molecule has 2 N–H and O–H groups in total. The van der Waals surface area contributed by atoms with Crippen LogP contribution in [0.5, 0.6) is 17.2 Å². The molecule has 0 saturated carbocycles. The molecule has 0 spiro atoms. The van der Waals surface area contributed by atoms with Gasteiger partial charge in [-0.3, -0.25) is 9.59 Å². The Morgan fingerprint density at radius 2 is 1.74 bits per heavy atom. The number of hydrogen-bond acceptors (Lipinski definition) is 11. The van der Waals surface area contributed by atoms with Gasteiger partial charge in [0.1, 0.15) is 30.1 Å². The van der Waals surface area contributed by atoms with Gasteiger partial charge < -0.3 is 39.0 Å². The largest absolute Gasteiger partial charge is 0.493 e. The van der Waals surface area contributed by atoms with Crippen LogP contribution < -0.4 is 9.47 Å². The van der Waals surface area contributed by atoms with Crippen molar-refractivity contribution in [1.29, 1.82) is 0 Å². The van der Waals surface area contributed by atoms with E-state index in [2.05, 4.69) is 0 Å². The fourth-order valence-corrected chi connectivity index (χ4v) is 8.16. The van der Waals surface area contributed by atoms with Crippen molar-refractivity contribution in [2.75, 3.05) is 26.7 Å². The van der Waals surface area contributed by atoms with Crippen molar-refractivity contribution in [1.82, 2.24) is 9.80 Å². The lowest BCUT2D eigenvalue weighted by atomic mass is 9.94. The topological polar surface area (TPSA) is 135 Å². The number of carbonyl (C=O) groups is 3. The number of hydrogen-bond donors (Lipinski definition) is 2. The molecule has 4 heterocycles. The minimum Gasteiger partial charge on any atom is -0.493 e. The molecule has 2 amide bonds. The van der Waals surface area contributed by atoms with Gasteiger partial charge in [-0.25, -0.2) is 4.79 Å². The molecule has 0 aromatic heterocycles. The number of piperazine rings is 1. The zero-order chi connectivity index (χ0) is 30.0. The summed E-state index contributed by atoms with van der Waals surface area (Å²) < 4.78 is 23.0. The number of amides is 2. The molecule has 2 aromatic carbocycles. The Balaban J connectivity index is 1.63. The lowest BCUT2D eigenvalue weighted by molar-refractivity contribution is -0.174. The average Bonchev–Trinajstić information content (AvgIpc) is 3.10. The third-order valence-corrected chi connectivity index (χ3v) is 10.7. The van der Waals surface area contributed by atoms with E-state index in [1.165, 1.54) is 54.7 Å². The Morgan fingerprint density at radius 3 is 2.45 bits per heavy atom. The molecule has 2 aromatic rings. The average molecular weight is 613 g/mol. The first-order chi connectivity index (χ1) is 20.1. The van der Waals surface area contributed by atoms with Crippen molar-refractivity contribution in [2.45, 2.75) is 34.1 Å². The molecule has 6 unspecified atom stereocenters. The third kappa shape index (κ3) is 3.73. The highest BCUT2D eigenvalue weighted by Crippen LogP contribution is 2.56. The van der Waals surface area contributed by atoms with Gasteiger partial charge >= 0.3 is 5.97 Å². The van der Waals surface area contributed by atoms with Gasteiger partial charge in [0.05, 0.1) is 25.2 Å². The molecule has 42 heavy (non-hydrogen) atoms. The number of nitrogens with zero attached hydrogens (tertiary/aromatic N) is 2. The molecule has 2 fully saturated rings. The number of esters is 1. The van der Waals surface area contributed by atoms with Crippen LogP contribution in [0.15, 0.2) is 66.6 Å². The number of benzene rings is 2. The second-order valence-electron chi connectivity index (χ2n) is 10.1. The smallest absolute Gasteiger partial charge is 0.338 e. The summed E-state index contributed by atoms with van der Waals surface area (Å²) in [6.45, 7) is 0. The maximum absolute atomic E-state index is 14.9. The first-order valence-corrected chi connectivity index (χ1v) is 15.4. The molecular weight excluding hydrogens is 584 g/mol. The second-order valence-corrected chi connectivity index (χ2v) is 12.1. The van der Waals surface area contributed by atoms with Gasteiger partial charge in [-0.05, 0) is 54.5 Å². The van der Waals surface area contributed by atoms with Crippen molar-refractivity contribution in [3.63, 3.8) is 0 Å². The lowest BCUT2D eigenvalue weighted by Crippen LogP contribution is -2.76. The van der Waals surface area contributed by atoms with Crippen molar-refractivity contribution in [3.8, 4) is 17.2 Å². The summed E-state index contributed by atoms with van der Waals surface area (Å²) in [5, 5.41) is 23.7. The van der Waals surface area contributed by atoms with Gasteiger partial charge in [0, 0.05) is 12.6 Å². The van der Waals surface area contributed by atoms with Crippen LogP contribution in [0.2, 0.25) is 0 Å². The first-order valence-electron chi connectivity index (χ1n) is 12.9. The number of methoxy groups -OCH3 is 1. The molecule has 0 radical (unpaired) electrons. The number of aliphatic hydroxyl groups is 2. The number of carbonyl (C=O) groups excluding carboxylic acids is 3. The number of rotatable bonds is 3. The van der Waals surface area contributed by atoms with E-state index in [9.17, 15) is 24.6 Å². The third-order valence-electron chi connectivity index (χ3n) is 8.20. The highest BCUT2D eigenvalue weighted by atomic mass is 32.2. The van der Waals surface area contributed by atoms with Gasteiger partial charge in [0.25, 0.3) is 11.8 Å². The molecule has 6 bridgehead atoms. The van der Waals surface area contributed by atoms with Crippen LogP contribution in [0.3, 0.4) is 0 Å². The molecule has 0 aliphatic carbocycles. The minimum absolute atomic E-state index is 0.134. The normalized spacial score (nSPS) is 31.7. The van der Waals surface area contributed by atoms with E-state index in [4.69, 9.17) is 18.9 Å². The van der Waals surface area contributed by atoms with Gasteiger partial charge in [-0.1, -0.05) is 12.1 Å². The zero-order valence-corrected chi connectivity index (χ0v) is 24.7. The van der Waals surface area contributed by atoms with Crippen LogP contribution in [0.4, 0.5) is 0 Å². The van der Waals surface area contributed by atoms with E-state index in [1.807, 2.05) is 0 Å². The minimum atomic E-state index is -1.86. The summed E-state index contributed by atoms with van der Waals surface area (Å²) in [6, 6.07) is 9.91. The number of thioether (sulfide) groups is 2. The predicted molar refractivity (Wildman–Crippen MR) is 154 cm³/mol. The van der Waals surface area contributed by atoms with Gasteiger partial charge in [0.15, 0.2) is 21.2 Å². The van der Waals surface area contributed by atoms with Gasteiger partial charge in [-0.2, -0.15) is 0 Å². The SMILES string of the molecule is COc1ccc2cc1Oc1cccc(c1)C(O)C1(SC)C(=O)N3C4C(=COC=CC4OC2=O)C(O)C3(SC)C(=O)N1C. The highest BCUT2D eigenvalue weighted by molar-refractivity contribution is 8.01. The van der Waals surface area contributed by atoms with Crippen LogP contribution in [0.1, 0.15) is 22.0 Å². The summed E-state index contributed by atoms with van der Waals surface area (Å²) in [7, 11) is 2.90. The fourth-order valence-electron chi connectivity index (χ4n) is 6.11. The van der Waals surface area contributed by atoms with E-state index < -0.39 is 51.9 Å². The molecule has 11 nitrogen and oxygen atoms in total. The quantitative estimate of drug-likeness (QED) is 0.496. The summed E-state index contributed by atoms with van der Waals surface area (Å²) in [6.07, 6.45) is 3.05. The Labute approximate surface area is 250 Å². The van der Waals surface area contributed by atoms with E-state index in [1.54, 1.807) is 42.8 Å².